The van der Waals surface area contributed by atoms with E-state index >= 15 is 0 Å². The predicted octanol–water partition coefficient (Wildman–Crippen LogP) is 5.59. The molecule has 184 valence electrons. The lowest BCUT2D eigenvalue weighted by Crippen LogP contribution is -2.28. The van der Waals surface area contributed by atoms with Crippen LogP contribution >= 0.6 is 11.3 Å². The van der Waals surface area contributed by atoms with Gasteiger partial charge in [-0.25, -0.2) is 8.78 Å². The zero-order valence-corrected chi connectivity index (χ0v) is 19.7. The van der Waals surface area contributed by atoms with Gasteiger partial charge in [-0.05, 0) is 55.7 Å². The van der Waals surface area contributed by atoms with Crippen molar-refractivity contribution in [2.45, 2.75) is 44.6 Å². The van der Waals surface area contributed by atoms with Gasteiger partial charge in [0.25, 0.3) is 5.91 Å². The minimum atomic E-state index is -0.875. The molecule has 6 nitrogen and oxygen atoms in total. The molecule has 0 saturated heterocycles. The Bertz CT molecular complexity index is 1220. The van der Waals surface area contributed by atoms with Crippen LogP contribution in [0.3, 0.4) is 0 Å². The first-order valence-electron chi connectivity index (χ1n) is 11.5. The van der Waals surface area contributed by atoms with Gasteiger partial charge in [-0.3, -0.25) is 14.4 Å². The molecule has 1 aliphatic carbocycles. The van der Waals surface area contributed by atoms with E-state index in [9.17, 15) is 23.2 Å². The third kappa shape index (κ3) is 6.03. The van der Waals surface area contributed by atoms with E-state index in [4.69, 9.17) is 9.84 Å². The Labute approximate surface area is 204 Å². The second-order valence-corrected chi connectivity index (χ2v) is 9.71. The number of carbonyl (C=O) groups excluding carboxylic acids is 2. The van der Waals surface area contributed by atoms with Crippen LogP contribution < -0.4 is 10.1 Å². The lowest BCUT2D eigenvalue weighted by atomic mass is 9.87. The van der Waals surface area contributed by atoms with E-state index in [1.165, 1.54) is 11.3 Å². The summed E-state index contributed by atoms with van der Waals surface area (Å²) in [5, 5.41) is 12.8. The summed E-state index contributed by atoms with van der Waals surface area (Å²) in [7, 11) is 0. The Morgan fingerprint density at radius 2 is 1.77 bits per heavy atom. The largest absolute Gasteiger partial charge is 0.487 e. The SMILES string of the molecule is O=C(NCCCC(=O)c1cc(F)c(OC2CCC(C(=O)O)CC2)cc1F)c1cc2ccccc2s1. The third-order valence-electron chi connectivity index (χ3n) is 6.15. The van der Waals surface area contributed by atoms with Crippen LogP contribution in [0.5, 0.6) is 5.75 Å². The van der Waals surface area contributed by atoms with Crippen molar-refractivity contribution < 1.29 is 33.0 Å². The van der Waals surface area contributed by atoms with Crippen LogP contribution in [0, 0.1) is 17.6 Å². The van der Waals surface area contributed by atoms with E-state index in [2.05, 4.69) is 5.32 Å². The van der Waals surface area contributed by atoms with Crippen LogP contribution in [0.4, 0.5) is 8.78 Å². The van der Waals surface area contributed by atoms with E-state index in [0.717, 1.165) is 22.2 Å². The molecule has 0 radical (unpaired) electrons. The Hall–Kier alpha value is -3.33. The van der Waals surface area contributed by atoms with Gasteiger partial charge >= 0.3 is 5.97 Å². The molecule has 0 atom stereocenters. The number of rotatable bonds is 9. The van der Waals surface area contributed by atoms with Crippen molar-refractivity contribution in [2.75, 3.05) is 6.54 Å². The number of hydrogen-bond donors (Lipinski definition) is 2. The van der Waals surface area contributed by atoms with E-state index in [1.807, 2.05) is 24.3 Å². The normalized spacial score (nSPS) is 17.8. The monoisotopic (exact) mass is 501 g/mol. The molecule has 4 rings (SSSR count). The fourth-order valence-corrected chi connectivity index (χ4v) is 5.19. The highest BCUT2D eigenvalue weighted by Gasteiger charge is 2.28. The molecule has 1 amide bonds. The molecule has 1 fully saturated rings. The molecule has 0 bridgehead atoms. The van der Waals surface area contributed by atoms with Crippen molar-refractivity contribution in [3.63, 3.8) is 0 Å². The second kappa shape index (κ2) is 10.9. The van der Waals surface area contributed by atoms with Crippen molar-refractivity contribution in [3.05, 3.63) is 64.5 Å². The number of aliphatic carboxylic acids is 1. The molecular formula is C26H25F2NO5S. The van der Waals surface area contributed by atoms with Gasteiger partial charge in [0.2, 0.25) is 0 Å². The van der Waals surface area contributed by atoms with Crippen molar-refractivity contribution >= 4 is 39.1 Å². The van der Waals surface area contributed by atoms with E-state index in [0.29, 0.717) is 30.6 Å². The number of nitrogens with one attached hydrogen (secondary N) is 1. The minimum Gasteiger partial charge on any atom is -0.487 e. The number of carbonyl (C=O) groups is 3. The maximum atomic E-state index is 14.5. The van der Waals surface area contributed by atoms with Gasteiger partial charge in [-0.2, -0.15) is 0 Å². The van der Waals surface area contributed by atoms with Gasteiger partial charge < -0.3 is 15.2 Å². The molecule has 1 aromatic heterocycles. The van der Waals surface area contributed by atoms with Crippen LogP contribution in [-0.4, -0.2) is 35.4 Å². The number of fused-ring (bicyclic) bond motifs is 1. The minimum absolute atomic E-state index is 0.0531. The topological polar surface area (TPSA) is 92.7 Å². The first-order valence-corrected chi connectivity index (χ1v) is 12.3. The predicted molar refractivity (Wildman–Crippen MR) is 128 cm³/mol. The Balaban J connectivity index is 1.27. The van der Waals surface area contributed by atoms with Crippen LogP contribution in [0.2, 0.25) is 0 Å². The Kier molecular flexibility index (Phi) is 7.75. The van der Waals surface area contributed by atoms with Crippen LogP contribution in [0.15, 0.2) is 42.5 Å². The average Bonchev–Trinajstić information content (AvgIpc) is 3.28. The van der Waals surface area contributed by atoms with Gasteiger partial charge in [-0.1, -0.05) is 18.2 Å². The van der Waals surface area contributed by atoms with Crippen LogP contribution in [-0.2, 0) is 4.79 Å². The number of Topliss-reactive ketones (excluding diaryl/α,β-unsaturated/α-hetero) is 1. The summed E-state index contributed by atoms with van der Waals surface area (Å²) in [6.07, 6.45) is 1.54. The molecule has 0 unspecified atom stereocenters. The fourth-order valence-electron chi connectivity index (χ4n) is 4.21. The highest BCUT2D eigenvalue weighted by Crippen LogP contribution is 2.30. The van der Waals surface area contributed by atoms with Gasteiger partial charge in [0.1, 0.15) is 5.82 Å². The Morgan fingerprint density at radius 1 is 1.03 bits per heavy atom. The quantitative estimate of drug-likeness (QED) is 0.294. The lowest BCUT2D eigenvalue weighted by Gasteiger charge is -2.27. The molecule has 9 heteroatoms. The molecule has 1 saturated carbocycles. The van der Waals surface area contributed by atoms with Crippen molar-refractivity contribution in [3.8, 4) is 5.75 Å². The summed E-state index contributed by atoms with van der Waals surface area (Å²) < 4.78 is 35.6. The standard InChI is InChI=1S/C26H25F2NO5S/c27-19-14-22(34-17-9-7-15(8-10-17)26(32)33)20(28)13-18(19)21(30)5-3-11-29-25(31)24-12-16-4-1-2-6-23(16)35-24/h1-2,4,6,12-15,17H,3,5,7-11H2,(H,29,31)(H,32,33). The smallest absolute Gasteiger partial charge is 0.306 e. The fraction of sp³-hybridized carbons (Fsp3) is 0.346. The van der Waals surface area contributed by atoms with Gasteiger partial charge in [-0.15, -0.1) is 11.3 Å². The first kappa shape index (κ1) is 24.8. The maximum Gasteiger partial charge on any atom is 0.306 e. The summed E-state index contributed by atoms with van der Waals surface area (Å²) in [6.45, 7) is 0.225. The summed E-state index contributed by atoms with van der Waals surface area (Å²) in [5.74, 6) is -4.10. The average molecular weight is 502 g/mol. The summed E-state index contributed by atoms with van der Waals surface area (Å²) in [6, 6.07) is 11.2. The molecule has 0 spiro atoms. The van der Waals surface area contributed by atoms with E-state index in [-0.39, 0.29) is 36.6 Å². The molecule has 3 aromatic rings. The zero-order valence-electron chi connectivity index (χ0n) is 18.9. The highest BCUT2D eigenvalue weighted by atomic mass is 32.1. The summed E-state index contributed by atoms with van der Waals surface area (Å²) in [5.41, 5.74) is -0.361. The molecule has 2 aromatic carbocycles. The maximum absolute atomic E-state index is 14.5. The number of halogens is 2. The number of ether oxygens (including phenoxy) is 1. The number of carboxylic acid groups (broad SMARTS) is 1. The second-order valence-electron chi connectivity index (χ2n) is 8.62. The molecule has 1 heterocycles. The number of carboxylic acids is 1. The summed E-state index contributed by atoms with van der Waals surface area (Å²) >= 11 is 1.38. The number of hydrogen-bond acceptors (Lipinski definition) is 5. The van der Waals surface area contributed by atoms with Crippen molar-refractivity contribution in [1.29, 1.82) is 0 Å². The first-order chi connectivity index (χ1) is 16.8. The van der Waals surface area contributed by atoms with E-state index in [1.54, 1.807) is 6.07 Å². The molecule has 0 aliphatic heterocycles. The zero-order chi connectivity index (χ0) is 24.9. The highest BCUT2D eigenvalue weighted by molar-refractivity contribution is 7.20. The van der Waals surface area contributed by atoms with E-state index < -0.39 is 35.4 Å². The number of benzene rings is 2. The lowest BCUT2D eigenvalue weighted by molar-refractivity contribution is -0.143. The molecular weight excluding hydrogens is 476 g/mol. The van der Waals surface area contributed by atoms with Gasteiger partial charge in [0.15, 0.2) is 17.3 Å². The van der Waals surface area contributed by atoms with Crippen LogP contribution in [0.1, 0.15) is 58.6 Å². The summed E-state index contributed by atoms with van der Waals surface area (Å²) in [4.78, 5) is 36.4. The Morgan fingerprint density at radius 3 is 2.49 bits per heavy atom. The van der Waals surface area contributed by atoms with Gasteiger partial charge in [0, 0.05) is 23.7 Å². The number of amides is 1. The van der Waals surface area contributed by atoms with Crippen molar-refractivity contribution in [1.82, 2.24) is 5.32 Å². The van der Waals surface area contributed by atoms with Gasteiger partial charge in [0.05, 0.1) is 22.5 Å². The third-order valence-corrected chi connectivity index (χ3v) is 7.27. The molecule has 35 heavy (non-hydrogen) atoms. The molecule has 2 N–H and O–H groups in total. The molecule has 1 aliphatic rings. The number of ketones is 1. The van der Waals surface area contributed by atoms with Crippen molar-refractivity contribution in [2.24, 2.45) is 5.92 Å². The van der Waals surface area contributed by atoms with Crippen LogP contribution in [0.25, 0.3) is 10.1 Å². The number of thiophene rings is 1.